The van der Waals surface area contributed by atoms with Crippen molar-refractivity contribution >= 4 is 11.6 Å². The minimum atomic E-state index is 0.106. The Bertz CT molecular complexity index is 520. The summed E-state index contributed by atoms with van der Waals surface area (Å²) >= 11 is 0. The molecule has 2 heterocycles. The molecular weight excluding hydrogens is 316 g/mol. The number of hydrogen-bond acceptors (Lipinski definition) is 4. The average molecular weight is 346 g/mol. The first kappa shape index (κ1) is 18.2. The number of nitrogens with one attached hydrogen (secondary N) is 2. The molecule has 5 heteroatoms. The van der Waals surface area contributed by atoms with Gasteiger partial charge in [0.1, 0.15) is 5.75 Å². The summed E-state index contributed by atoms with van der Waals surface area (Å²) in [5, 5.41) is 6.35. The first-order chi connectivity index (χ1) is 12.3. The predicted octanol–water partition coefficient (Wildman–Crippen LogP) is 3.21. The zero-order valence-electron chi connectivity index (χ0n) is 15.0. The Balaban J connectivity index is 1.36. The Kier molecular flexibility index (Phi) is 7.12. The molecule has 2 aliphatic rings. The van der Waals surface area contributed by atoms with Crippen LogP contribution in [0, 0.1) is 11.8 Å². The molecule has 0 radical (unpaired) electrons. The molecule has 0 aliphatic carbocycles. The van der Waals surface area contributed by atoms with Crippen LogP contribution < -0.4 is 15.4 Å². The molecule has 3 rings (SSSR count). The van der Waals surface area contributed by atoms with E-state index < -0.39 is 0 Å². The van der Waals surface area contributed by atoms with E-state index in [1.54, 1.807) is 0 Å². The minimum absolute atomic E-state index is 0.106. The Morgan fingerprint density at radius 1 is 1.08 bits per heavy atom. The molecule has 1 amide bonds. The second kappa shape index (κ2) is 9.78. The molecule has 1 aromatic carbocycles. The molecule has 5 nitrogen and oxygen atoms in total. The van der Waals surface area contributed by atoms with Crippen LogP contribution in [0.2, 0.25) is 0 Å². The van der Waals surface area contributed by atoms with Crippen LogP contribution in [0.3, 0.4) is 0 Å². The van der Waals surface area contributed by atoms with Crippen LogP contribution in [0.5, 0.6) is 5.75 Å². The number of carbonyl (C=O) groups is 1. The number of anilines is 1. The number of benzene rings is 1. The zero-order valence-corrected chi connectivity index (χ0v) is 15.0. The average Bonchev–Trinajstić information content (AvgIpc) is 2.67. The fourth-order valence-corrected chi connectivity index (χ4v) is 3.49. The van der Waals surface area contributed by atoms with E-state index in [-0.39, 0.29) is 5.91 Å². The lowest BCUT2D eigenvalue weighted by Crippen LogP contribution is -2.28. The first-order valence-corrected chi connectivity index (χ1v) is 9.61. The monoisotopic (exact) mass is 346 g/mol. The van der Waals surface area contributed by atoms with E-state index in [9.17, 15) is 4.79 Å². The molecule has 2 fully saturated rings. The number of rotatable bonds is 7. The standard InChI is InChI=1S/C20H30N2O3/c23-20(6-1-16-7-11-21-12-8-16)22-18-2-4-19(5-3-18)25-15-17-9-13-24-14-10-17/h2-5,16-17,21H,1,6-15H2,(H,22,23). The van der Waals surface area contributed by atoms with Crippen LogP contribution in [0.1, 0.15) is 38.5 Å². The molecule has 2 N–H and O–H groups in total. The van der Waals surface area contributed by atoms with E-state index >= 15 is 0 Å². The van der Waals surface area contributed by atoms with Crippen LogP contribution in [0.4, 0.5) is 5.69 Å². The first-order valence-electron chi connectivity index (χ1n) is 9.61. The van der Waals surface area contributed by atoms with Gasteiger partial charge in [0.05, 0.1) is 6.61 Å². The number of hydrogen-bond donors (Lipinski definition) is 2. The van der Waals surface area contributed by atoms with E-state index in [0.29, 0.717) is 18.3 Å². The molecule has 0 bridgehead atoms. The van der Waals surface area contributed by atoms with Crippen LogP contribution in [0.15, 0.2) is 24.3 Å². The van der Waals surface area contributed by atoms with Crippen LogP contribution in [-0.4, -0.2) is 38.8 Å². The van der Waals surface area contributed by atoms with Crippen LogP contribution in [0.25, 0.3) is 0 Å². The van der Waals surface area contributed by atoms with E-state index in [4.69, 9.17) is 9.47 Å². The number of piperidine rings is 1. The van der Waals surface area contributed by atoms with Crippen molar-refractivity contribution in [3.8, 4) is 5.75 Å². The fraction of sp³-hybridized carbons (Fsp3) is 0.650. The third-order valence-electron chi connectivity index (χ3n) is 5.20. The highest BCUT2D eigenvalue weighted by Crippen LogP contribution is 2.21. The second-order valence-corrected chi connectivity index (χ2v) is 7.17. The SMILES string of the molecule is O=C(CCC1CCNCC1)Nc1ccc(OCC2CCOCC2)cc1. The van der Waals surface area contributed by atoms with Gasteiger partial charge in [0.2, 0.25) is 5.91 Å². The number of amides is 1. The summed E-state index contributed by atoms with van der Waals surface area (Å²) in [6, 6.07) is 7.70. The fourth-order valence-electron chi connectivity index (χ4n) is 3.49. The number of ether oxygens (including phenoxy) is 2. The van der Waals surface area contributed by atoms with Crippen molar-refractivity contribution in [3.05, 3.63) is 24.3 Å². The lowest BCUT2D eigenvalue weighted by atomic mass is 9.93. The summed E-state index contributed by atoms with van der Waals surface area (Å²) in [6.07, 6.45) is 6.11. The van der Waals surface area contributed by atoms with E-state index in [1.165, 1.54) is 12.8 Å². The largest absolute Gasteiger partial charge is 0.493 e. The highest BCUT2D eigenvalue weighted by atomic mass is 16.5. The van der Waals surface area contributed by atoms with Gasteiger partial charge < -0.3 is 20.1 Å². The molecular formula is C20H30N2O3. The highest BCUT2D eigenvalue weighted by Gasteiger charge is 2.15. The predicted molar refractivity (Wildman–Crippen MR) is 98.9 cm³/mol. The van der Waals surface area contributed by atoms with Crippen LogP contribution >= 0.6 is 0 Å². The maximum atomic E-state index is 12.1. The van der Waals surface area contributed by atoms with Crippen molar-refractivity contribution in [1.29, 1.82) is 0 Å². The van der Waals surface area contributed by atoms with Crippen molar-refractivity contribution in [2.75, 3.05) is 38.2 Å². The number of carbonyl (C=O) groups excluding carboxylic acids is 1. The molecule has 2 saturated heterocycles. The van der Waals surface area contributed by atoms with Crippen LogP contribution in [-0.2, 0) is 9.53 Å². The normalized spacial score (nSPS) is 19.5. The van der Waals surface area contributed by atoms with Crippen molar-refractivity contribution < 1.29 is 14.3 Å². The van der Waals surface area contributed by atoms with Gasteiger partial charge in [-0.1, -0.05) is 0 Å². The molecule has 138 valence electrons. The lowest BCUT2D eigenvalue weighted by Gasteiger charge is -2.22. The van der Waals surface area contributed by atoms with E-state index in [2.05, 4.69) is 10.6 Å². The van der Waals surface area contributed by atoms with E-state index in [0.717, 1.165) is 63.6 Å². The molecule has 0 spiro atoms. The van der Waals surface area contributed by atoms with Gasteiger partial charge >= 0.3 is 0 Å². The van der Waals surface area contributed by atoms with Crippen molar-refractivity contribution in [2.24, 2.45) is 11.8 Å². The third-order valence-corrected chi connectivity index (χ3v) is 5.20. The molecule has 25 heavy (non-hydrogen) atoms. The Labute approximate surface area is 150 Å². The quantitative estimate of drug-likeness (QED) is 0.796. The summed E-state index contributed by atoms with van der Waals surface area (Å²) in [6.45, 7) is 4.60. The molecule has 1 aromatic rings. The molecule has 0 aromatic heterocycles. The van der Waals surface area contributed by atoms with E-state index in [1.807, 2.05) is 24.3 Å². The topological polar surface area (TPSA) is 59.6 Å². The van der Waals surface area contributed by atoms with Gasteiger partial charge in [0.25, 0.3) is 0 Å². The molecule has 2 aliphatic heterocycles. The minimum Gasteiger partial charge on any atom is -0.493 e. The molecule has 0 unspecified atom stereocenters. The van der Waals surface area contributed by atoms with Gasteiger partial charge in [0, 0.05) is 25.3 Å². The molecule has 0 atom stereocenters. The Morgan fingerprint density at radius 2 is 1.80 bits per heavy atom. The third kappa shape index (κ3) is 6.33. The summed E-state index contributed by atoms with van der Waals surface area (Å²) in [5.41, 5.74) is 0.841. The Hall–Kier alpha value is -1.59. The highest BCUT2D eigenvalue weighted by molar-refractivity contribution is 5.90. The Morgan fingerprint density at radius 3 is 2.52 bits per heavy atom. The zero-order chi connectivity index (χ0) is 17.3. The van der Waals surface area contributed by atoms with Crippen molar-refractivity contribution in [2.45, 2.75) is 38.5 Å². The van der Waals surface area contributed by atoms with Gasteiger partial charge in [0.15, 0.2) is 0 Å². The van der Waals surface area contributed by atoms with Gasteiger partial charge in [-0.15, -0.1) is 0 Å². The van der Waals surface area contributed by atoms with Gasteiger partial charge in [-0.3, -0.25) is 4.79 Å². The summed E-state index contributed by atoms with van der Waals surface area (Å²) in [7, 11) is 0. The lowest BCUT2D eigenvalue weighted by molar-refractivity contribution is -0.116. The maximum absolute atomic E-state index is 12.1. The van der Waals surface area contributed by atoms with Gasteiger partial charge in [-0.2, -0.15) is 0 Å². The van der Waals surface area contributed by atoms with Crippen molar-refractivity contribution in [1.82, 2.24) is 5.32 Å². The summed E-state index contributed by atoms with van der Waals surface area (Å²) in [4.78, 5) is 12.1. The molecule has 0 saturated carbocycles. The smallest absolute Gasteiger partial charge is 0.224 e. The summed E-state index contributed by atoms with van der Waals surface area (Å²) < 4.78 is 11.2. The maximum Gasteiger partial charge on any atom is 0.224 e. The van der Waals surface area contributed by atoms with Gasteiger partial charge in [-0.05, 0) is 81.3 Å². The van der Waals surface area contributed by atoms with Gasteiger partial charge in [-0.25, -0.2) is 0 Å². The summed E-state index contributed by atoms with van der Waals surface area (Å²) in [5.74, 6) is 2.24. The van der Waals surface area contributed by atoms with Crippen molar-refractivity contribution in [3.63, 3.8) is 0 Å². The second-order valence-electron chi connectivity index (χ2n) is 7.17.